The van der Waals surface area contributed by atoms with E-state index >= 15 is 0 Å². The molecule has 0 unspecified atom stereocenters. The van der Waals surface area contributed by atoms with E-state index in [9.17, 15) is 4.79 Å². The van der Waals surface area contributed by atoms with Gasteiger partial charge >= 0.3 is 0 Å². The molecule has 1 N–H and O–H groups in total. The topological polar surface area (TPSA) is 106 Å². The number of ether oxygens (including phenoxy) is 3. The van der Waals surface area contributed by atoms with Crippen LogP contribution in [0.4, 0.5) is 0 Å². The summed E-state index contributed by atoms with van der Waals surface area (Å²) in [5.74, 6) is -0.106. The highest BCUT2D eigenvalue weighted by Gasteiger charge is 2.14. The largest absolute Gasteiger partial charge is 0.379 e. The number of amides is 1. The van der Waals surface area contributed by atoms with Crippen LogP contribution in [0.15, 0.2) is 59.7 Å². The monoisotopic (exact) mass is 446 g/mol. The van der Waals surface area contributed by atoms with Crippen LogP contribution in [0.25, 0.3) is 42.8 Å². The van der Waals surface area contributed by atoms with Gasteiger partial charge in [-0.25, -0.2) is 0 Å². The van der Waals surface area contributed by atoms with Gasteiger partial charge in [0.1, 0.15) is 0 Å². The van der Waals surface area contributed by atoms with Gasteiger partial charge in [-0.2, -0.15) is 0 Å². The fourth-order valence-electron chi connectivity index (χ4n) is 3.96. The number of hydrogen-bond acceptors (Lipinski definition) is 5. The molecule has 0 atom stereocenters. The maximum atomic E-state index is 12.9. The number of hydrogen-bond donors (Lipinski definition) is 1. The van der Waals surface area contributed by atoms with Crippen LogP contribution in [0.5, 0.6) is 0 Å². The summed E-state index contributed by atoms with van der Waals surface area (Å²) in [6, 6.07) is 18.5. The second-order valence-corrected chi connectivity index (χ2v) is 7.52. The highest BCUT2D eigenvalue weighted by molar-refractivity contribution is 6.26. The SMILES string of the molecule is [N-]=[N+]=NCCOCCOCCOCCNC(=O)c1ccc2ccc3cccc4ccc1c2c34. The zero-order valence-corrected chi connectivity index (χ0v) is 18.3. The van der Waals surface area contributed by atoms with E-state index in [-0.39, 0.29) is 5.91 Å². The van der Waals surface area contributed by atoms with Crippen LogP contribution in [0.2, 0.25) is 0 Å². The molecule has 4 aromatic rings. The number of carbonyl (C=O) groups is 1. The molecule has 8 heteroatoms. The van der Waals surface area contributed by atoms with Gasteiger partial charge < -0.3 is 19.5 Å². The van der Waals surface area contributed by atoms with Crippen LogP contribution in [0.3, 0.4) is 0 Å². The normalized spacial score (nSPS) is 11.3. The summed E-state index contributed by atoms with van der Waals surface area (Å²) in [7, 11) is 0. The van der Waals surface area contributed by atoms with E-state index in [1.807, 2.05) is 18.2 Å². The summed E-state index contributed by atoms with van der Waals surface area (Å²) < 4.78 is 16.2. The summed E-state index contributed by atoms with van der Waals surface area (Å²) in [5, 5.41) is 13.1. The van der Waals surface area contributed by atoms with Crippen molar-refractivity contribution >= 4 is 38.2 Å². The predicted octanol–water partition coefficient (Wildman–Crippen LogP) is 4.67. The Bertz CT molecular complexity index is 1250. The molecule has 0 heterocycles. The number of azide groups is 1. The fraction of sp³-hybridized carbons (Fsp3) is 0.320. The number of rotatable bonds is 13. The summed E-state index contributed by atoms with van der Waals surface area (Å²) in [5.41, 5.74) is 8.82. The average Bonchev–Trinajstić information content (AvgIpc) is 2.85. The molecule has 170 valence electrons. The van der Waals surface area contributed by atoms with E-state index in [0.717, 1.165) is 16.2 Å². The minimum Gasteiger partial charge on any atom is -0.379 e. The maximum absolute atomic E-state index is 12.9. The second-order valence-electron chi connectivity index (χ2n) is 7.52. The molecule has 0 radical (unpaired) electrons. The van der Waals surface area contributed by atoms with E-state index < -0.39 is 0 Å². The van der Waals surface area contributed by atoms with E-state index in [2.05, 4.69) is 51.7 Å². The lowest BCUT2D eigenvalue weighted by molar-refractivity contribution is 0.0166. The van der Waals surface area contributed by atoms with Crippen LogP contribution in [0.1, 0.15) is 10.4 Å². The van der Waals surface area contributed by atoms with Crippen molar-refractivity contribution in [2.24, 2.45) is 5.11 Å². The quantitative estimate of drug-likeness (QED) is 0.106. The molecule has 0 bridgehead atoms. The Balaban J connectivity index is 1.23. The van der Waals surface area contributed by atoms with Gasteiger partial charge in [0, 0.05) is 23.6 Å². The zero-order chi connectivity index (χ0) is 22.9. The molecule has 0 aliphatic carbocycles. The summed E-state index contributed by atoms with van der Waals surface area (Å²) in [6.07, 6.45) is 0. The van der Waals surface area contributed by atoms with Crippen molar-refractivity contribution in [2.45, 2.75) is 0 Å². The molecule has 0 spiro atoms. The third kappa shape index (κ3) is 5.50. The molecule has 4 aromatic carbocycles. The van der Waals surface area contributed by atoms with Crippen molar-refractivity contribution in [2.75, 3.05) is 52.7 Å². The van der Waals surface area contributed by atoms with Gasteiger partial charge in [-0.15, -0.1) is 0 Å². The lowest BCUT2D eigenvalue weighted by Crippen LogP contribution is -2.27. The molecule has 1 amide bonds. The van der Waals surface area contributed by atoms with E-state index in [1.165, 1.54) is 16.2 Å². The third-order valence-corrected chi connectivity index (χ3v) is 5.45. The van der Waals surface area contributed by atoms with Crippen LogP contribution in [-0.4, -0.2) is 58.6 Å². The highest BCUT2D eigenvalue weighted by Crippen LogP contribution is 2.35. The van der Waals surface area contributed by atoms with Gasteiger partial charge in [0.25, 0.3) is 5.91 Å². The van der Waals surface area contributed by atoms with E-state index in [1.54, 1.807) is 0 Å². The van der Waals surface area contributed by atoms with Crippen molar-refractivity contribution in [1.29, 1.82) is 0 Å². The number of nitrogens with one attached hydrogen (secondary N) is 1. The first-order valence-electron chi connectivity index (χ1n) is 11.0. The molecule has 0 saturated carbocycles. The van der Waals surface area contributed by atoms with Gasteiger partial charge in [0.15, 0.2) is 0 Å². The van der Waals surface area contributed by atoms with Crippen LogP contribution < -0.4 is 5.32 Å². The van der Waals surface area contributed by atoms with E-state index in [0.29, 0.717) is 58.3 Å². The highest BCUT2D eigenvalue weighted by atomic mass is 16.5. The lowest BCUT2D eigenvalue weighted by Gasteiger charge is -2.14. The van der Waals surface area contributed by atoms with Crippen LogP contribution in [0, 0.1) is 0 Å². The van der Waals surface area contributed by atoms with Gasteiger partial charge in [0.05, 0.1) is 39.6 Å². The summed E-state index contributed by atoms with van der Waals surface area (Å²) in [6.45, 7) is 3.31. The molecular weight excluding hydrogens is 420 g/mol. The van der Waals surface area contributed by atoms with Gasteiger partial charge in [-0.1, -0.05) is 53.6 Å². The number of benzene rings is 4. The minimum absolute atomic E-state index is 0.106. The smallest absolute Gasteiger partial charge is 0.251 e. The molecule has 0 aliphatic rings. The number of nitrogens with zero attached hydrogens (tertiary/aromatic N) is 3. The molecule has 0 fully saturated rings. The Hall–Kier alpha value is -3.42. The molecule has 0 saturated heterocycles. The first-order chi connectivity index (χ1) is 16.3. The molecule has 33 heavy (non-hydrogen) atoms. The van der Waals surface area contributed by atoms with Gasteiger partial charge in [-0.3, -0.25) is 4.79 Å². The van der Waals surface area contributed by atoms with Crippen LogP contribution in [-0.2, 0) is 14.2 Å². The zero-order valence-electron chi connectivity index (χ0n) is 18.3. The third-order valence-electron chi connectivity index (χ3n) is 5.45. The Kier molecular flexibility index (Phi) is 7.90. The second kappa shape index (κ2) is 11.4. The first-order valence-corrected chi connectivity index (χ1v) is 11.0. The number of carbonyl (C=O) groups excluding carboxylic acids is 1. The Morgan fingerprint density at radius 2 is 1.39 bits per heavy atom. The predicted molar refractivity (Wildman–Crippen MR) is 129 cm³/mol. The van der Waals surface area contributed by atoms with E-state index in [4.69, 9.17) is 19.7 Å². The molecular formula is C25H26N4O4. The minimum atomic E-state index is -0.106. The standard InChI is InChI=1S/C25H26N4O4/c26-29-28-11-13-32-15-17-33-16-14-31-12-10-27-25(30)22-9-7-20-5-4-18-2-1-3-19-6-8-21(22)24(20)23(18)19/h1-9H,10-17H2,(H,27,30). The Labute approximate surface area is 191 Å². The summed E-state index contributed by atoms with van der Waals surface area (Å²) in [4.78, 5) is 15.5. The first kappa shape index (κ1) is 22.8. The van der Waals surface area contributed by atoms with Crippen molar-refractivity contribution in [3.05, 3.63) is 70.6 Å². The molecule has 0 aliphatic heterocycles. The van der Waals surface area contributed by atoms with Crippen molar-refractivity contribution in [3.8, 4) is 0 Å². The van der Waals surface area contributed by atoms with Crippen molar-refractivity contribution < 1.29 is 19.0 Å². The Morgan fingerprint density at radius 3 is 2.12 bits per heavy atom. The van der Waals surface area contributed by atoms with Gasteiger partial charge in [-0.05, 0) is 43.9 Å². The van der Waals surface area contributed by atoms with Gasteiger partial charge in [0.2, 0.25) is 0 Å². The molecule has 8 nitrogen and oxygen atoms in total. The van der Waals surface area contributed by atoms with Crippen LogP contribution >= 0.6 is 0 Å². The van der Waals surface area contributed by atoms with Crippen molar-refractivity contribution in [1.82, 2.24) is 5.32 Å². The van der Waals surface area contributed by atoms with Crippen molar-refractivity contribution in [3.63, 3.8) is 0 Å². The summed E-state index contributed by atoms with van der Waals surface area (Å²) >= 11 is 0. The maximum Gasteiger partial charge on any atom is 0.251 e. The average molecular weight is 447 g/mol. The fourth-order valence-corrected chi connectivity index (χ4v) is 3.96. The Morgan fingerprint density at radius 1 is 0.788 bits per heavy atom. The molecule has 0 aromatic heterocycles. The lowest BCUT2D eigenvalue weighted by atomic mass is 9.92. The molecule has 4 rings (SSSR count).